The van der Waals surface area contributed by atoms with Crippen molar-refractivity contribution in [3.8, 4) is 5.88 Å². The third kappa shape index (κ3) is 3.65. The summed E-state index contributed by atoms with van der Waals surface area (Å²) in [5.41, 5.74) is 0. The molecule has 1 aromatic heterocycles. The van der Waals surface area contributed by atoms with Crippen molar-refractivity contribution >= 4 is 15.9 Å². The molecule has 2 atom stereocenters. The molecule has 0 aliphatic carbocycles. The summed E-state index contributed by atoms with van der Waals surface area (Å²) < 4.78 is 20.7. The molecule has 18 heavy (non-hydrogen) atoms. The minimum absolute atomic E-state index is 0.252. The molecule has 2 rings (SSSR count). The Bertz CT molecular complexity index is 387. The normalized spacial score (nSPS) is 28.1. The third-order valence-corrected chi connectivity index (χ3v) is 3.80. The van der Waals surface area contributed by atoms with E-state index in [1.807, 2.05) is 19.1 Å². The van der Waals surface area contributed by atoms with E-state index in [1.54, 1.807) is 6.20 Å². The minimum atomic E-state index is -1.22. The van der Waals surface area contributed by atoms with Crippen LogP contribution in [0.4, 0.5) is 4.39 Å². The molecule has 5 heteroatoms. The number of alkyl halides is 1. The van der Waals surface area contributed by atoms with Crippen LogP contribution in [0.2, 0.25) is 0 Å². The Morgan fingerprint density at radius 2 is 2.44 bits per heavy atom. The fourth-order valence-electron chi connectivity index (χ4n) is 2.19. The van der Waals surface area contributed by atoms with Gasteiger partial charge in [0.05, 0.1) is 6.61 Å². The molecule has 2 unspecified atom stereocenters. The van der Waals surface area contributed by atoms with Gasteiger partial charge in [0.25, 0.3) is 0 Å². The van der Waals surface area contributed by atoms with Crippen LogP contribution in [-0.4, -0.2) is 23.9 Å². The topological polar surface area (TPSA) is 34.1 Å². The van der Waals surface area contributed by atoms with E-state index < -0.39 is 5.79 Å². The molecule has 0 radical (unpaired) electrons. The Morgan fingerprint density at radius 3 is 3.11 bits per heavy atom. The van der Waals surface area contributed by atoms with E-state index in [1.165, 1.54) is 0 Å². The smallest absolute Gasteiger partial charge is 0.213 e. The Kier molecular flexibility index (Phi) is 4.56. The lowest BCUT2D eigenvalue weighted by Crippen LogP contribution is -2.48. The first-order chi connectivity index (χ1) is 8.61. The van der Waals surface area contributed by atoms with Crippen LogP contribution in [0.1, 0.15) is 26.2 Å². The standard InChI is InChI=1S/C13H18BrFN2O/c1-2-13(15)7-10(5-6-17-13)9-18-12-4-3-11(14)8-16-12/h3-4,8,10,17H,2,5-7,9H2,1H3. The van der Waals surface area contributed by atoms with Crippen molar-refractivity contribution in [3.63, 3.8) is 0 Å². The first-order valence-electron chi connectivity index (χ1n) is 6.29. The molecule has 0 bridgehead atoms. The van der Waals surface area contributed by atoms with Gasteiger partial charge in [-0.1, -0.05) is 6.92 Å². The molecule has 100 valence electrons. The van der Waals surface area contributed by atoms with Crippen molar-refractivity contribution in [1.29, 1.82) is 0 Å². The number of piperidine rings is 1. The van der Waals surface area contributed by atoms with Gasteiger partial charge in [0.2, 0.25) is 5.88 Å². The first-order valence-corrected chi connectivity index (χ1v) is 7.09. The van der Waals surface area contributed by atoms with Crippen LogP contribution in [-0.2, 0) is 0 Å². The molecule has 0 amide bonds. The molecule has 0 saturated carbocycles. The number of hydrogen-bond donors (Lipinski definition) is 1. The van der Waals surface area contributed by atoms with Crippen molar-refractivity contribution in [2.24, 2.45) is 5.92 Å². The molecule has 1 fully saturated rings. The summed E-state index contributed by atoms with van der Waals surface area (Å²) in [6, 6.07) is 3.70. The van der Waals surface area contributed by atoms with E-state index in [0.29, 0.717) is 31.9 Å². The molecule has 1 N–H and O–H groups in total. The first kappa shape index (κ1) is 13.7. The Labute approximate surface area is 115 Å². The summed E-state index contributed by atoms with van der Waals surface area (Å²) in [5, 5.41) is 2.94. The van der Waals surface area contributed by atoms with Crippen LogP contribution >= 0.6 is 15.9 Å². The lowest BCUT2D eigenvalue weighted by atomic mass is 9.90. The van der Waals surface area contributed by atoms with Crippen LogP contribution in [0.3, 0.4) is 0 Å². The van der Waals surface area contributed by atoms with Gasteiger partial charge < -0.3 is 4.74 Å². The Morgan fingerprint density at radius 1 is 1.61 bits per heavy atom. The van der Waals surface area contributed by atoms with Gasteiger partial charge in [-0.15, -0.1) is 0 Å². The predicted octanol–water partition coefficient (Wildman–Crippen LogP) is 3.30. The summed E-state index contributed by atoms with van der Waals surface area (Å²) in [6.45, 7) is 3.11. The van der Waals surface area contributed by atoms with Crippen molar-refractivity contribution in [3.05, 3.63) is 22.8 Å². The van der Waals surface area contributed by atoms with Gasteiger partial charge in [-0.2, -0.15) is 0 Å². The van der Waals surface area contributed by atoms with Crippen LogP contribution in [0.15, 0.2) is 22.8 Å². The maximum atomic E-state index is 14.1. The minimum Gasteiger partial charge on any atom is -0.477 e. The molecule has 1 aliphatic heterocycles. The molecular weight excluding hydrogens is 299 g/mol. The van der Waals surface area contributed by atoms with Gasteiger partial charge in [-0.25, -0.2) is 9.37 Å². The van der Waals surface area contributed by atoms with E-state index in [9.17, 15) is 4.39 Å². The average Bonchev–Trinajstić information content (AvgIpc) is 2.38. The predicted molar refractivity (Wildman–Crippen MR) is 72.3 cm³/mol. The molecule has 1 saturated heterocycles. The number of nitrogens with zero attached hydrogens (tertiary/aromatic N) is 1. The van der Waals surface area contributed by atoms with E-state index >= 15 is 0 Å². The number of nitrogens with one attached hydrogen (secondary N) is 1. The van der Waals surface area contributed by atoms with Crippen molar-refractivity contribution in [2.45, 2.75) is 32.0 Å². The van der Waals surface area contributed by atoms with Gasteiger partial charge in [-0.05, 0) is 47.3 Å². The van der Waals surface area contributed by atoms with E-state index in [-0.39, 0.29) is 5.92 Å². The highest BCUT2D eigenvalue weighted by Crippen LogP contribution is 2.28. The highest BCUT2D eigenvalue weighted by atomic mass is 79.9. The van der Waals surface area contributed by atoms with Gasteiger partial charge in [0.1, 0.15) is 0 Å². The van der Waals surface area contributed by atoms with E-state index in [0.717, 1.165) is 10.9 Å². The van der Waals surface area contributed by atoms with Crippen LogP contribution in [0.25, 0.3) is 0 Å². The monoisotopic (exact) mass is 316 g/mol. The van der Waals surface area contributed by atoms with Crippen molar-refractivity contribution in [2.75, 3.05) is 13.2 Å². The molecule has 1 aromatic rings. The number of rotatable bonds is 4. The summed E-state index contributed by atoms with van der Waals surface area (Å²) in [5.74, 6) is -0.376. The molecule has 3 nitrogen and oxygen atoms in total. The molecule has 0 aromatic carbocycles. The number of aromatic nitrogens is 1. The zero-order chi connectivity index (χ0) is 13.0. The zero-order valence-corrected chi connectivity index (χ0v) is 12.0. The third-order valence-electron chi connectivity index (χ3n) is 3.33. The summed E-state index contributed by atoms with van der Waals surface area (Å²) in [6.07, 6.45) is 3.66. The fourth-order valence-corrected chi connectivity index (χ4v) is 2.43. The molecule has 0 spiro atoms. The summed E-state index contributed by atoms with van der Waals surface area (Å²) in [7, 11) is 0. The molecule has 1 aliphatic rings. The fraction of sp³-hybridized carbons (Fsp3) is 0.615. The van der Waals surface area contributed by atoms with E-state index in [2.05, 4.69) is 26.2 Å². The average molecular weight is 317 g/mol. The maximum Gasteiger partial charge on any atom is 0.213 e. The quantitative estimate of drug-likeness (QED) is 0.865. The SMILES string of the molecule is CCC1(F)CC(COc2ccc(Br)cn2)CCN1. The maximum absolute atomic E-state index is 14.1. The molecule has 2 heterocycles. The lowest BCUT2D eigenvalue weighted by Gasteiger charge is -2.34. The van der Waals surface area contributed by atoms with E-state index in [4.69, 9.17) is 4.74 Å². The van der Waals surface area contributed by atoms with Crippen molar-refractivity contribution in [1.82, 2.24) is 10.3 Å². The molecular formula is C13H18BrFN2O. The highest BCUT2D eigenvalue weighted by Gasteiger charge is 2.34. The second-order valence-electron chi connectivity index (χ2n) is 4.73. The zero-order valence-electron chi connectivity index (χ0n) is 10.5. The van der Waals surface area contributed by atoms with Crippen molar-refractivity contribution < 1.29 is 9.13 Å². The lowest BCUT2D eigenvalue weighted by molar-refractivity contribution is 0.0319. The van der Waals surface area contributed by atoms with Crippen LogP contribution in [0.5, 0.6) is 5.88 Å². The summed E-state index contributed by atoms with van der Waals surface area (Å²) in [4.78, 5) is 4.14. The Hall–Kier alpha value is -0.680. The van der Waals surface area contributed by atoms with Crippen LogP contribution in [0, 0.1) is 5.92 Å². The number of hydrogen-bond acceptors (Lipinski definition) is 3. The van der Waals surface area contributed by atoms with Gasteiger partial charge in [0, 0.05) is 23.2 Å². The number of halogens is 2. The van der Waals surface area contributed by atoms with Gasteiger partial charge in [-0.3, -0.25) is 5.32 Å². The van der Waals surface area contributed by atoms with Crippen LogP contribution < -0.4 is 10.1 Å². The largest absolute Gasteiger partial charge is 0.477 e. The summed E-state index contributed by atoms with van der Waals surface area (Å²) >= 11 is 3.32. The second kappa shape index (κ2) is 5.97. The highest BCUT2D eigenvalue weighted by molar-refractivity contribution is 9.10. The Balaban J connectivity index is 1.85. The van der Waals surface area contributed by atoms with Gasteiger partial charge in [0.15, 0.2) is 5.79 Å². The second-order valence-corrected chi connectivity index (χ2v) is 5.65. The number of pyridine rings is 1. The number of ether oxygens (including phenoxy) is 1. The van der Waals surface area contributed by atoms with Gasteiger partial charge >= 0.3 is 0 Å².